The summed E-state index contributed by atoms with van der Waals surface area (Å²) in [6.07, 6.45) is 104. The molecule has 0 aliphatic rings. The van der Waals surface area contributed by atoms with Gasteiger partial charge in [-0.1, -0.05) is 348 Å². The van der Waals surface area contributed by atoms with Crippen LogP contribution in [0.2, 0.25) is 0 Å². The normalized spacial score (nSPS) is 12.9. The highest BCUT2D eigenvalue weighted by atomic mass is 16.6. The second-order valence-corrected chi connectivity index (χ2v) is 23.6. The number of esters is 2. The minimum atomic E-state index is -0.776. The molecule has 0 saturated carbocycles. The van der Waals surface area contributed by atoms with Gasteiger partial charge in [-0.25, -0.2) is 0 Å². The van der Waals surface area contributed by atoms with Gasteiger partial charge < -0.3 is 14.6 Å². The molecule has 0 heterocycles. The van der Waals surface area contributed by atoms with E-state index < -0.39 is 6.10 Å². The van der Waals surface area contributed by atoms with Crippen LogP contribution in [0.5, 0.6) is 0 Å². The van der Waals surface area contributed by atoms with E-state index in [1.54, 1.807) is 0 Å². The fourth-order valence-corrected chi connectivity index (χ4v) is 10.3. The molecule has 0 amide bonds. The van der Waals surface area contributed by atoms with Crippen molar-refractivity contribution in [3.8, 4) is 0 Å². The summed E-state index contributed by atoms with van der Waals surface area (Å²) >= 11 is 0. The van der Waals surface area contributed by atoms with Crippen LogP contribution in [0, 0.1) is 0 Å². The molecule has 0 radical (unpaired) electrons. The number of aliphatic hydroxyl groups is 1. The van der Waals surface area contributed by atoms with Gasteiger partial charge in [-0.2, -0.15) is 0 Å². The van der Waals surface area contributed by atoms with Gasteiger partial charge in [0.1, 0.15) is 6.61 Å². The van der Waals surface area contributed by atoms with Crippen LogP contribution in [0.4, 0.5) is 0 Å². The van der Waals surface area contributed by atoms with Gasteiger partial charge in [-0.3, -0.25) is 9.59 Å². The SMILES string of the molecule is CC/C=C\C/C=C\C/C=C\C/C=C\C/C=C\CCCCCCCCCCCCCCCCCCCC(=O)OC(CO)COC(=O)CCCCCCCCCCCCCCCCCCCCCCCC/C=C\C/C=C\C/C=C\C/C=C\CC. The summed E-state index contributed by atoms with van der Waals surface area (Å²) < 4.78 is 10.8. The van der Waals surface area contributed by atoms with Crippen LogP contribution in [0.25, 0.3) is 0 Å². The third kappa shape index (κ3) is 69.1. The van der Waals surface area contributed by atoms with Gasteiger partial charge >= 0.3 is 11.9 Å². The Bertz CT molecular complexity index is 1570. The van der Waals surface area contributed by atoms with Crippen LogP contribution in [0.15, 0.2) is 109 Å². The predicted molar refractivity (Wildman–Crippen MR) is 362 cm³/mol. The van der Waals surface area contributed by atoms with Crippen molar-refractivity contribution >= 4 is 11.9 Å². The maximum Gasteiger partial charge on any atom is 0.306 e. The van der Waals surface area contributed by atoms with Crippen LogP contribution < -0.4 is 0 Å². The molecule has 1 N–H and O–H groups in total. The number of carbonyl (C=O) groups excluding carboxylic acids is 2. The van der Waals surface area contributed by atoms with E-state index >= 15 is 0 Å². The highest BCUT2D eigenvalue weighted by Gasteiger charge is 2.16. The molecule has 82 heavy (non-hydrogen) atoms. The molecule has 0 spiro atoms. The lowest BCUT2D eigenvalue weighted by Gasteiger charge is -2.15. The average Bonchev–Trinajstić information content (AvgIpc) is 3.49. The minimum Gasteiger partial charge on any atom is -0.462 e. The molecular formula is C77H134O5. The Hall–Kier alpha value is -3.44. The molecule has 0 rings (SSSR count). The third-order valence-corrected chi connectivity index (χ3v) is 15.6. The largest absolute Gasteiger partial charge is 0.462 e. The second kappa shape index (κ2) is 71.8. The summed E-state index contributed by atoms with van der Waals surface area (Å²) in [7, 11) is 0. The first-order valence-electron chi connectivity index (χ1n) is 35.4. The van der Waals surface area contributed by atoms with Crippen LogP contribution in [0.3, 0.4) is 0 Å². The highest BCUT2D eigenvalue weighted by Crippen LogP contribution is 2.18. The zero-order valence-corrected chi connectivity index (χ0v) is 54.2. The first-order valence-corrected chi connectivity index (χ1v) is 35.4. The number of hydrogen-bond acceptors (Lipinski definition) is 5. The van der Waals surface area contributed by atoms with Crippen molar-refractivity contribution in [3.63, 3.8) is 0 Å². The van der Waals surface area contributed by atoms with Gasteiger partial charge in [0, 0.05) is 12.8 Å². The molecule has 472 valence electrons. The van der Waals surface area contributed by atoms with Gasteiger partial charge in [-0.05, 0) is 96.3 Å². The van der Waals surface area contributed by atoms with Crippen LogP contribution >= 0.6 is 0 Å². The van der Waals surface area contributed by atoms with Crippen LogP contribution in [-0.2, 0) is 19.1 Å². The number of unbranched alkanes of at least 4 members (excludes halogenated alkanes) is 39. The van der Waals surface area contributed by atoms with Gasteiger partial charge in [0.15, 0.2) is 6.10 Å². The van der Waals surface area contributed by atoms with Crippen molar-refractivity contribution in [3.05, 3.63) is 109 Å². The van der Waals surface area contributed by atoms with Gasteiger partial charge in [0.25, 0.3) is 0 Å². The zero-order valence-electron chi connectivity index (χ0n) is 54.2. The lowest BCUT2D eigenvalue weighted by molar-refractivity contribution is -0.161. The molecule has 0 aliphatic heterocycles. The standard InChI is InChI=1S/C77H134O5/c1-3-5-7-9-11-13-15-17-19-21-23-25-27-29-31-33-35-37-38-40-41-43-45-47-49-51-53-55-57-59-61-63-65-67-69-71-76(79)81-74-75(73-78)82-77(80)72-70-68-66-64-62-60-58-56-54-52-50-48-46-44-42-39-36-34-32-30-28-26-24-22-20-18-16-14-12-10-8-6-4-2/h5-8,11-14,17-20,23-26,30,32,75,78H,3-4,9-10,15-16,21-22,27-29,31,33-74H2,1-2H3/b7-5-,8-6-,13-11-,14-12-,19-17-,20-18-,25-23-,26-24-,32-30-. The average molecular weight is 1140 g/mol. The zero-order chi connectivity index (χ0) is 59.1. The summed E-state index contributed by atoms with van der Waals surface area (Å²) in [6.45, 7) is 3.95. The smallest absolute Gasteiger partial charge is 0.306 e. The summed E-state index contributed by atoms with van der Waals surface area (Å²) in [5.74, 6) is -0.576. The Labute approximate surface area is 510 Å². The fourth-order valence-electron chi connectivity index (χ4n) is 10.3. The number of carbonyl (C=O) groups is 2. The molecule has 0 fully saturated rings. The molecule has 5 heteroatoms. The maximum atomic E-state index is 12.4. The number of ether oxygens (including phenoxy) is 2. The first kappa shape index (κ1) is 78.6. The summed E-state index contributed by atoms with van der Waals surface area (Å²) in [5.41, 5.74) is 0. The molecule has 1 unspecified atom stereocenters. The molecule has 0 aromatic carbocycles. The van der Waals surface area contributed by atoms with E-state index in [2.05, 4.69) is 123 Å². The van der Waals surface area contributed by atoms with E-state index in [9.17, 15) is 14.7 Å². The number of hydrogen-bond donors (Lipinski definition) is 1. The highest BCUT2D eigenvalue weighted by molar-refractivity contribution is 5.70. The lowest BCUT2D eigenvalue weighted by atomic mass is 10.0. The summed E-state index contributed by atoms with van der Waals surface area (Å²) in [6, 6.07) is 0. The Morgan fingerprint density at radius 3 is 0.732 bits per heavy atom. The van der Waals surface area contributed by atoms with E-state index in [4.69, 9.17) is 9.47 Å². The second-order valence-electron chi connectivity index (χ2n) is 23.6. The third-order valence-electron chi connectivity index (χ3n) is 15.6. The maximum absolute atomic E-state index is 12.4. The number of rotatable bonds is 65. The monoisotopic (exact) mass is 1140 g/mol. The molecular weight excluding hydrogens is 1000 g/mol. The lowest BCUT2D eigenvalue weighted by Crippen LogP contribution is -2.28. The Kier molecular flexibility index (Phi) is 68.8. The van der Waals surface area contributed by atoms with E-state index in [1.165, 1.54) is 225 Å². The van der Waals surface area contributed by atoms with Gasteiger partial charge in [0.2, 0.25) is 0 Å². The molecule has 0 aromatic heterocycles. The molecule has 0 saturated heterocycles. The fraction of sp³-hybridized carbons (Fsp3) is 0.740. The summed E-state index contributed by atoms with van der Waals surface area (Å²) in [4.78, 5) is 24.7. The van der Waals surface area contributed by atoms with E-state index in [0.29, 0.717) is 12.8 Å². The molecule has 5 nitrogen and oxygen atoms in total. The van der Waals surface area contributed by atoms with Crippen LogP contribution in [0.1, 0.15) is 348 Å². The molecule has 0 aromatic rings. The number of allylic oxidation sites excluding steroid dienone is 18. The first-order chi connectivity index (χ1) is 40.6. The van der Waals surface area contributed by atoms with Crippen molar-refractivity contribution in [2.45, 2.75) is 354 Å². The topological polar surface area (TPSA) is 72.8 Å². The molecule has 1 atom stereocenters. The van der Waals surface area contributed by atoms with Crippen molar-refractivity contribution in [1.29, 1.82) is 0 Å². The quantitative estimate of drug-likeness (QED) is 0.0373. The van der Waals surface area contributed by atoms with Gasteiger partial charge in [0.05, 0.1) is 6.61 Å². The number of aliphatic hydroxyl groups excluding tert-OH is 1. The van der Waals surface area contributed by atoms with E-state index in [0.717, 1.165) is 96.3 Å². The Balaban J connectivity index is 3.42. The van der Waals surface area contributed by atoms with Crippen LogP contribution in [-0.4, -0.2) is 36.4 Å². The van der Waals surface area contributed by atoms with E-state index in [-0.39, 0.29) is 25.2 Å². The van der Waals surface area contributed by atoms with Crippen molar-refractivity contribution in [2.24, 2.45) is 0 Å². The molecule has 0 bridgehead atoms. The minimum absolute atomic E-state index is 0.0646. The Morgan fingerprint density at radius 1 is 0.280 bits per heavy atom. The summed E-state index contributed by atoms with van der Waals surface area (Å²) in [5, 5.41) is 9.71. The van der Waals surface area contributed by atoms with Crippen molar-refractivity contribution in [2.75, 3.05) is 13.2 Å². The van der Waals surface area contributed by atoms with E-state index in [1.807, 2.05) is 0 Å². The Morgan fingerprint density at radius 2 is 0.488 bits per heavy atom. The molecule has 0 aliphatic carbocycles. The van der Waals surface area contributed by atoms with Crippen molar-refractivity contribution < 1.29 is 24.2 Å². The van der Waals surface area contributed by atoms with Gasteiger partial charge in [-0.15, -0.1) is 0 Å². The predicted octanol–water partition coefficient (Wildman–Crippen LogP) is 24.8. The van der Waals surface area contributed by atoms with Crippen molar-refractivity contribution in [1.82, 2.24) is 0 Å².